The fraction of sp³-hybridized carbons (Fsp3) is 0.581. The van der Waals surface area contributed by atoms with Gasteiger partial charge in [0.05, 0.1) is 44.7 Å². The van der Waals surface area contributed by atoms with E-state index in [-0.39, 0.29) is 18.0 Å². The molecule has 2 aromatic rings. The van der Waals surface area contributed by atoms with Gasteiger partial charge in [-0.15, -0.1) is 0 Å². The van der Waals surface area contributed by atoms with Gasteiger partial charge in [-0.2, -0.15) is 0 Å². The molecule has 302 valence electrons. The average molecular weight is 766 g/mol. The second kappa shape index (κ2) is 20.0. The van der Waals surface area contributed by atoms with Crippen molar-refractivity contribution in [2.75, 3.05) is 21.3 Å². The lowest BCUT2D eigenvalue weighted by molar-refractivity contribution is -0.157. The second-order valence-electron chi connectivity index (χ2n) is 15.5. The SMILES string of the molecule is COC(=O)/C=C1/C=C2C[C@H](OCc3ccc(OC)cc3)C(C)(C)C[C@H](C)C(=O)O[C@H](c3coc(/C=C(/C)[C@@H](C)OC)n3)CC[C@H](C)[C@@H](OC(C)=O)C[C@H](C1)O2. The molecule has 0 amide bonds. The number of cyclic esters (lactones) is 1. The van der Waals surface area contributed by atoms with Gasteiger partial charge in [0.15, 0.2) is 0 Å². The van der Waals surface area contributed by atoms with Gasteiger partial charge in [-0.05, 0) is 79.4 Å². The highest BCUT2D eigenvalue weighted by Crippen LogP contribution is 2.40. The number of ether oxygens (including phenoxy) is 7. The summed E-state index contributed by atoms with van der Waals surface area (Å²) in [5.74, 6) is -0.176. The smallest absolute Gasteiger partial charge is 0.330 e. The third-order valence-corrected chi connectivity index (χ3v) is 10.5. The van der Waals surface area contributed by atoms with E-state index in [1.807, 2.05) is 58.0 Å². The number of nitrogens with zero attached hydrogens (tertiary/aromatic N) is 1. The van der Waals surface area contributed by atoms with Crippen LogP contribution in [0.4, 0.5) is 0 Å². The van der Waals surface area contributed by atoms with Gasteiger partial charge in [-0.3, -0.25) is 9.59 Å². The summed E-state index contributed by atoms with van der Waals surface area (Å²) in [6.07, 6.45) is 6.98. The Kier molecular flexibility index (Phi) is 15.7. The molecule has 2 bridgehead atoms. The fourth-order valence-electron chi connectivity index (χ4n) is 7.04. The maximum Gasteiger partial charge on any atom is 0.330 e. The summed E-state index contributed by atoms with van der Waals surface area (Å²) in [6.45, 7) is 13.6. The summed E-state index contributed by atoms with van der Waals surface area (Å²) in [6, 6.07) is 7.67. The number of benzene rings is 1. The first-order chi connectivity index (χ1) is 26.1. The molecule has 2 aliphatic rings. The number of esters is 3. The first-order valence-electron chi connectivity index (χ1n) is 19.0. The van der Waals surface area contributed by atoms with Gasteiger partial charge in [0.2, 0.25) is 5.89 Å². The van der Waals surface area contributed by atoms with Crippen LogP contribution in [0.15, 0.2) is 64.0 Å². The van der Waals surface area contributed by atoms with Gasteiger partial charge in [-0.1, -0.05) is 39.8 Å². The van der Waals surface area contributed by atoms with Crippen LogP contribution in [0.25, 0.3) is 6.08 Å². The van der Waals surface area contributed by atoms with Crippen LogP contribution >= 0.6 is 0 Å². The Balaban J connectivity index is 1.73. The predicted octanol–water partition coefficient (Wildman–Crippen LogP) is 8.26. The van der Waals surface area contributed by atoms with Crippen molar-refractivity contribution in [3.05, 3.63) is 76.7 Å². The molecule has 0 unspecified atom stereocenters. The van der Waals surface area contributed by atoms with E-state index in [0.29, 0.717) is 62.5 Å². The molecule has 0 saturated carbocycles. The molecule has 0 radical (unpaired) electrons. The lowest BCUT2D eigenvalue weighted by atomic mass is 9.76. The molecule has 1 fully saturated rings. The molecular weight excluding hydrogens is 706 g/mol. The highest BCUT2D eigenvalue weighted by Gasteiger charge is 2.38. The van der Waals surface area contributed by atoms with E-state index >= 15 is 0 Å². The third-order valence-electron chi connectivity index (χ3n) is 10.5. The molecule has 7 atom stereocenters. The van der Waals surface area contributed by atoms with Crippen molar-refractivity contribution in [3.63, 3.8) is 0 Å². The summed E-state index contributed by atoms with van der Waals surface area (Å²) in [7, 11) is 4.60. The monoisotopic (exact) mass is 765 g/mol. The molecule has 4 rings (SSSR count). The number of oxazole rings is 1. The second-order valence-corrected chi connectivity index (χ2v) is 15.5. The van der Waals surface area contributed by atoms with Crippen LogP contribution in [-0.4, -0.2) is 68.6 Å². The summed E-state index contributed by atoms with van der Waals surface area (Å²) < 4.78 is 47.0. The largest absolute Gasteiger partial charge is 0.497 e. The van der Waals surface area contributed by atoms with Crippen molar-refractivity contribution in [1.82, 2.24) is 4.98 Å². The molecular formula is C43H59NO11. The molecule has 55 heavy (non-hydrogen) atoms. The van der Waals surface area contributed by atoms with Gasteiger partial charge >= 0.3 is 17.9 Å². The van der Waals surface area contributed by atoms with E-state index in [1.54, 1.807) is 20.3 Å². The summed E-state index contributed by atoms with van der Waals surface area (Å²) in [5, 5.41) is 0. The Morgan fingerprint density at radius 1 is 1.04 bits per heavy atom. The van der Waals surface area contributed by atoms with E-state index in [1.165, 1.54) is 26.4 Å². The van der Waals surface area contributed by atoms with E-state index < -0.39 is 47.7 Å². The highest BCUT2D eigenvalue weighted by molar-refractivity contribution is 5.83. The molecule has 1 aromatic heterocycles. The quantitative estimate of drug-likeness (QED) is 0.131. The molecule has 1 aromatic carbocycles. The van der Waals surface area contributed by atoms with Crippen molar-refractivity contribution in [1.29, 1.82) is 0 Å². The first kappa shape index (κ1) is 43.3. The van der Waals surface area contributed by atoms with Crippen LogP contribution in [0.1, 0.15) is 110 Å². The maximum absolute atomic E-state index is 14.0. The van der Waals surface area contributed by atoms with E-state index in [4.69, 9.17) is 42.6 Å². The Morgan fingerprint density at radius 3 is 2.42 bits per heavy atom. The van der Waals surface area contributed by atoms with Crippen molar-refractivity contribution >= 4 is 24.0 Å². The normalized spacial score (nSPS) is 26.6. The molecule has 12 nitrogen and oxygen atoms in total. The van der Waals surface area contributed by atoms with Crippen LogP contribution < -0.4 is 4.74 Å². The predicted molar refractivity (Wildman–Crippen MR) is 205 cm³/mol. The van der Waals surface area contributed by atoms with Gasteiger partial charge in [0.25, 0.3) is 0 Å². The number of hydrogen-bond donors (Lipinski definition) is 0. The minimum Gasteiger partial charge on any atom is -0.497 e. The van der Waals surface area contributed by atoms with Crippen molar-refractivity contribution in [2.45, 2.75) is 124 Å². The minimum absolute atomic E-state index is 0.130. The zero-order chi connectivity index (χ0) is 40.3. The summed E-state index contributed by atoms with van der Waals surface area (Å²) in [4.78, 5) is 43.5. The Morgan fingerprint density at radius 2 is 1.76 bits per heavy atom. The number of methoxy groups -OCH3 is 3. The van der Waals surface area contributed by atoms with E-state index in [9.17, 15) is 14.4 Å². The van der Waals surface area contributed by atoms with Gasteiger partial charge in [0, 0.05) is 45.4 Å². The number of aromatic nitrogens is 1. The molecule has 0 aliphatic carbocycles. The van der Waals surface area contributed by atoms with Crippen LogP contribution in [0, 0.1) is 17.3 Å². The summed E-state index contributed by atoms with van der Waals surface area (Å²) >= 11 is 0. The number of hydrogen-bond acceptors (Lipinski definition) is 12. The minimum atomic E-state index is -0.713. The van der Waals surface area contributed by atoms with Crippen molar-refractivity contribution < 1.29 is 52.0 Å². The third kappa shape index (κ3) is 12.8. The topological polar surface area (TPSA) is 142 Å². The van der Waals surface area contributed by atoms with Gasteiger partial charge < -0.3 is 37.6 Å². The molecule has 3 heterocycles. The number of rotatable bonds is 10. The molecule has 0 spiro atoms. The van der Waals surface area contributed by atoms with Crippen LogP contribution in [-0.2, 0) is 49.4 Å². The number of carbonyl (C=O) groups is 3. The lowest BCUT2D eigenvalue weighted by Crippen LogP contribution is -2.37. The molecule has 0 N–H and O–H groups in total. The Labute approximate surface area is 325 Å². The fourth-order valence-corrected chi connectivity index (χ4v) is 7.04. The van der Waals surface area contributed by atoms with Crippen LogP contribution in [0.2, 0.25) is 0 Å². The zero-order valence-corrected chi connectivity index (χ0v) is 34.0. The van der Waals surface area contributed by atoms with Gasteiger partial charge in [0.1, 0.15) is 36.0 Å². The molecule has 12 heteroatoms. The van der Waals surface area contributed by atoms with Crippen molar-refractivity contribution in [3.8, 4) is 5.75 Å². The van der Waals surface area contributed by atoms with Crippen LogP contribution in [0.5, 0.6) is 5.75 Å². The van der Waals surface area contributed by atoms with Crippen LogP contribution in [0.3, 0.4) is 0 Å². The van der Waals surface area contributed by atoms with Crippen molar-refractivity contribution in [2.24, 2.45) is 17.3 Å². The summed E-state index contributed by atoms with van der Waals surface area (Å²) in [5.41, 5.74) is 2.55. The van der Waals surface area contributed by atoms with Gasteiger partial charge in [-0.25, -0.2) is 9.78 Å². The zero-order valence-electron chi connectivity index (χ0n) is 34.0. The maximum atomic E-state index is 14.0. The standard InChI is InChI=1S/C43H59NO11/c1-26-11-16-37(36-25-52-40(44-36)17-27(2)29(4)48-8)55-42(47)28(3)23-43(6,7)39(51-24-31-12-14-33(49-9)15-13-31)22-35-19-32(20-41(46)50-10)18-34(54-35)21-38(26)53-30(5)45/h12-15,17,19-20,25-26,28-29,34,37-39H,11,16,18,21-24H2,1-10H3/b27-17-,32-20+/t26-,28-,29+,34-,37-,38-,39-/m0/s1. The highest BCUT2D eigenvalue weighted by atomic mass is 16.6. The number of fused-ring (bicyclic) bond motifs is 2. The Hall–Kier alpha value is -4.42. The number of carbonyl (C=O) groups excluding carboxylic acids is 3. The van der Waals surface area contributed by atoms with E-state index in [2.05, 4.69) is 13.8 Å². The first-order valence-corrected chi connectivity index (χ1v) is 19.0. The lowest BCUT2D eigenvalue weighted by Gasteiger charge is -2.38. The number of allylic oxidation sites excluding steroid dienone is 1. The molecule has 2 aliphatic heterocycles. The average Bonchev–Trinajstić information content (AvgIpc) is 3.61. The Bertz CT molecular complexity index is 1690. The van der Waals surface area contributed by atoms with E-state index in [0.717, 1.165) is 22.5 Å². The molecule has 1 saturated heterocycles.